The number of ketones is 2. The molecule has 0 bridgehead atoms. The minimum atomic E-state index is -0.125. The summed E-state index contributed by atoms with van der Waals surface area (Å²) in [6.45, 7) is 20.2. The first kappa shape index (κ1) is 85.1. The van der Waals surface area contributed by atoms with Gasteiger partial charge in [0.25, 0.3) is 0 Å². The summed E-state index contributed by atoms with van der Waals surface area (Å²) in [5.41, 5.74) is 29.4. The molecule has 0 fully saturated rings. The van der Waals surface area contributed by atoms with Gasteiger partial charge in [-0.15, -0.1) is 130 Å². The quantitative estimate of drug-likeness (QED) is 0.0733. The first-order valence-electron chi connectivity index (χ1n) is 37.3. The maximum atomic E-state index is 10.0. The van der Waals surface area contributed by atoms with E-state index in [-0.39, 0.29) is 100 Å². The van der Waals surface area contributed by atoms with E-state index in [0.717, 1.165) is 57.1 Å². The molecular weight excluding hydrogens is 1940 g/mol. The molecule has 10 aromatic carbocycles. The number of hydrogen-bond donors (Lipinski definition) is 2. The zero-order chi connectivity index (χ0) is 77.8. The summed E-state index contributed by atoms with van der Waals surface area (Å²) in [4.78, 5) is 33.6. The fourth-order valence-electron chi connectivity index (χ4n) is 14.9. The molecular formula is C102H87Ir3N5O4-4. The van der Waals surface area contributed by atoms with E-state index >= 15 is 0 Å². The standard InChI is InChI=1S/C24H19N.C24H18N.C17H14N.C15H10N.C12H10N.2C5H8O2.3Ir/c1-24(2)20-9-5-4-8-18(20)19-13-11-17(15-21(19)24)23-14-12-16-7-3-6-10-22(16)25-23;1-24(2)21-10-6-5-9-19(21)20-12-11-17(15-22(20)24)23-18-8-4-3-7-16(18)13-14-25-23;1-12-10-17-15-8-3-2-6-13(15)11-18(17)16-9-5-4-7-14(12)16;1-2-6-12(7-3-1)15-11-10-13-8-4-5-9-14(13)16-15;1-10-5-4-6-11(9-10)12-7-2-3-8-13-12;2*1-4(6)3-5(2)7;;;/h3-10,12-15,22H,1-2H3;3-10,12-15H,1-2H3;2-10H,11H2,1H3;1-6,8-11H;2-5,7-9H,1H3;2*3,6H,1-2H3;;;/q-2;-1;+1;2*-1;;;;;. The molecule has 3 aliphatic carbocycles. The molecule has 2 N–H and O–H groups in total. The molecule has 3 radical (unpaired) electrons. The van der Waals surface area contributed by atoms with Crippen LogP contribution in [0.3, 0.4) is 0 Å². The van der Waals surface area contributed by atoms with Gasteiger partial charge in [-0.2, -0.15) is 10.1 Å². The number of fused-ring (bicyclic) bond motifs is 14. The van der Waals surface area contributed by atoms with Gasteiger partial charge in [0.15, 0.2) is 18.1 Å². The first-order chi connectivity index (χ1) is 53.7. The van der Waals surface area contributed by atoms with Crippen LogP contribution in [0.1, 0.15) is 99.9 Å². The third-order valence-corrected chi connectivity index (χ3v) is 20.2. The number of allylic oxidation sites excluding steroid dienone is 8. The molecule has 14 aromatic rings. The van der Waals surface area contributed by atoms with Crippen molar-refractivity contribution in [1.29, 1.82) is 0 Å². The van der Waals surface area contributed by atoms with Crippen molar-refractivity contribution in [2.45, 2.75) is 92.7 Å². The number of carbonyl (C=O) groups excluding carboxylic acids is 2. The number of benzene rings is 10. The maximum Gasteiger partial charge on any atom is 0.214 e. The Balaban J connectivity index is 0.000000146. The Hall–Kier alpha value is -11.3. The summed E-state index contributed by atoms with van der Waals surface area (Å²) in [5.74, 6) is -0.125. The Kier molecular flexibility index (Phi) is 28.7. The van der Waals surface area contributed by atoms with Gasteiger partial charge in [-0.05, 0) is 126 Å². The van der Waals surface area contributed by atoms with E-state index in [4.69, 9.17) is 15.5 Å². The predicted octanol–water partition coefficient (Wildman–Crippen LogP) is 24.0. The van der Waals surface area contributed by atoms with Crippen LogP contribution < -0.4 is 4.57 Å². The van der Waals surface area contributed by atoms with E-state index in [9.17, 15) is 9.59 Å². The van der Waals surface area contributed by atoms with E-state index in [0.29, 0.717) is 0 Å². The first-order valence-corrected chi connectivity index (χ1v) is 37.3. The fourth-order valence-corrected chi connectivity index (χ4v) is 14.9. The van der Waals surface area contributed by atoms with Gasteiger partial charge in [-0.25, -0.2) is 5.70 Å². The van der Waals surface area contributed by atoms with Gasteiger partial charge in [0, 0.05) is 108 Å². The number of rotatable bonds is 6. The van der Waals surface area contributed by atoms with Crippen molar-refractivity contribution in [3.63, 3.8) is 0 Å². The van der Waals surface area contributed by atoms with Crippen LogP contribution in [0.25, 0.3) is 111 Å². The fraction of sp³-hybridized carbons (Fsp3) is 0.137. The van der Waals surface area contributed by atoms with Gasteiger partial charge in [-0.1, -0.05) is 244 Å². The molecule has 5 aliphatic rings. The van der Waals surface area contributed by atoms with Crippen molar-refractivity contribution in [2.24, 2.45) is 0 Å². The largest absolute Gasteiger partial charge is 0.718 e. The number of pyridine rings is 4. The number of aromatic nitrogens is 4. The Morgan fingerprint density at radius 2 is 1.08 bits per heavy atom. The SMILES string of the molecule is CC(=O)C=C(C)O.CC(=O)C=C(C)O.CC1(C)c2ccccc2-c2c[c-]c(-c3nccc4ccccc34)cc21.CC1(C)c2ccccc2-c2c[c-]c(C3=CC=C4C=CC=CC4[N-]3)cc21.Cc1cc2[n+](c3ccccc13)Cc1ccccc1-2.Cc1cc[c-]c(-c2ccccn2)c1.[Ir].[Ir].[Ir].[c-]1ccccc1-c1ccc2ccccc2n1. The van der Waals surface area contributed by atoms with Gasteiger partial charge >= 0.3 is 0 Å². The second-order valence-electron chi connectivity index (χ2n) is 29.0. The Labute approximate surface area is 710 Å². The molecule has 0 spiro atoms. The van der Waals surface area contributed by atoms with Crippen LogP contribution >= 0.6 is 0 Å². The summed E-state index contributed by atoms with van der Waals surface area (Å²) in [6, 6.07) is 102. The molecule has 9 nitrogen and oxygen atoms in total. The number of hydrogen-bond acceptors (Lipinski definition) is 7. The van der Waals surface area contributed by atoms with Crippen LogP contribution in [0.2, 0.25) is 0 Å². The smallest absolute Gasteiger partial charge is 0.214 e. The van der Waals surface area contributed by atoms with Gasteiger partial charge in [0.05, 0.1) is 22.6 Å². The van der Waals surface area contributed by atoms with Crippen molar-refractivity contribution >= 4 is 49.8 Å². The minimum Gasteiger partial charge on any atom is -0.718 e. The second-order valence-corrected chi connectivity index (χ2v) is 29.0. The van der Waals surface area contributed by atoms with Crippen LogP contribution in [0.4, 0.5) is 0 Å². The summed E-state index contributed by atoms with van der Waals surface area (Å²) >= 11 is 0. The molecule has 4 aromatic heterocycles. The summed E-state index contributed by atoms with van der Waals surface area (Å²) in [5, 5.41) is 26.6. The molecule has 2 aliphatic heterocycles. The third kappa shape index (κ3) is 19.7. The monoisotopic (exact) mass is 2020 g/mol. The van der Waals surface area contributed by atoms with Gasteiger partial charge in [-0.3, -0.25) is 14.6 Å². The van der Waals surface area contributed by atoms with E-state index in [1.165, 1.54) is 145 Å². The van der Waals surface area contributed by atoms with Gasteiger partial charge in [0.2, 0.25) is 11.2 Å². The molecule has 1 unspecified atom stereocenters. The van der Waals surface area contributed by atoms with Crippen LogP contribution in [-0.2, 0) is 87.3 Å². The molecule has 12 heteroatoms. The molecule has 0 saturated heterocycles. The third-order valence-electron chi connectivity index (χ3n) is 20.2. The average Bonchev–Trinajstić information content (AvgIpc) is 1.59. The minimum absolute atomic E-state index is 0. The topological polar surface area (TPSA) is 131 Å². The van der Waals surface area contributed by atoms with Crippen molar-refractivity contribution < 1.29 is 84.7 Å². The number of para-hydroxylation sites is 2. The van der Waals surface area contributed by atoms with Gasteiger partial charge in [0.1, 0.15) is 0 Å². The molecule has 575 valence electrons. The van der Waals surface area contributed by atoms with Crippen LogP contribution in [0, 0.1) is 38.1 Å². The van der Waals surface area contributed by atoms with Gasteiger partial charge < -0.3 is 25.5 Å². The van der Waals surface area contributed by atoms with Crippen LogP contribution in [0.15, 0.2) is 333 Å². The van der Waals surface area contributed by atoms with E-state index in [1.54, 1.807) is 6.20 Å². The average molecular weight is 2020 g/mol. The second kappa shape index (κ2) is 38.5. The number of aliphatic hydroxyl groups excluding tert-OH is 2. The maximum absolute atomic E-state index is 10.0. The Morgan fingerprint density at radius 3 is 1.72 bits per heavy atom. The molecule has 19 rings (SSSR count). The summed E-state index contributed by atoms with van der Waals surface area (Å²) in [6.07, 6.45) is 18.7. The zero-order valence-corrected chi connectivity index (χ0v) is 72.4. The number of carbonyl (C=O) groups is 2. The molecule has 1 atom stereocenters. The zero-order valence-electron chi connectivity index (χ0n) is 65.3. The molecule has 6 heterocycles. The van der Waals surface area contributed by atoms with Crippen molar-refractivity contribution in [1.82, 2.24) is 15.0 Å². The predicted molar refractivity (Wildman–Crippen MR) is 455 cm³/mol. The molecule has 114 heavy (non-hydrogen) atoms. The number of aryl methyl sites for hydroxylation is 2. The molecule has 0 amide bonds. The van der Waals surface area contributed by atoms with E-state index < -0.39 is 0 Å². The van der Waals surface area contributed by atoms with E-state index in [2.05, 4.69) is 298 Å². The summed E-state index contributed by atoms with van der Waals surface area (Å²) < 4.78 is 2.42. The van der Waals surface area contributed by atoms with Crippen LogP contribution in [0.5, 0.6) is 0 Å². The Bertz CT molecular complexity index is 5980. The number of nitrogens with zero attached hydrogens (tertiary/aromatic N) is 5. The summed E-state index contributed by atoms with van der Waals surface area (Å²) in [7, 11) is 0. The normalized spacial score (nSPS) is 13.9. The number of aliphatic hydroxyl groups is 2. The van der Waals surface area contributed by atoms with Crippen molar-refractivity contribution in [3.8, 4) is 67.3 Å². The van der Waals surface area contributed by atoms with E-state index in [1.807, 2.05) is 85.1 Å². The van der Waals surface area contributed by atoms with Crippen molar-refractivity contribution in [3.05, 3.63) is 407 Å². The molecule has 0 saturated carbocycles. The Morgan fingerprint density at radius 1 is 0.491 bits per heavy atom. The van der Waals surface area contributed by atoms with Crippen molar-refractivity contribution in [2.75, 3.05) is 0 Å². The van der Waals surface area contributed by atoms with Crippen LogP contribution in [-0.4, -0.2) is 42.8 Å².